The van der Waals surface area contributed by atoms with Crippen LogP contribution in [-0.2, 0) is 6.54 Å². The molecule has 0 fully saturated rings. The summed E-state index contributed by atoms with van der Waals surface area (Å²) in [6, 6.07) is 8.44. The Balaban J connectivity index is 2.14. The summed E-state index contributed by atoms with van der Waals surface area (Å²) in [7, 11) is 1.67. The molecule has 2 amide bonds. The summed E-state index contributed by atoms with van der Waals surface area (Å²) in [5.74, 6) is -1.06. The Morgan fingerprint density at radius 2 is 2.05 bits per heavy atom. The molecule has 0 radical (unpaired) electrons. The van der Waals surface area contributed by atoms with E-state index in [0.29, 0.717) is 17.8 Å². The van der Waals surface area contributed by atoms with Crippen LogP contribution in [0.25, 0.3) is 0 Å². The molecule has 0 unspecified atom stereocenters. The molecule has 0 atom stereocenters. The van der Waals surface area contributed by atoms with Gasteiger partial charge in [0.05, 0.1) is 17.8 Å². The van der Waals surface area contributed by atoms with Gasteiger partial charge in [0.25, 0.3) is 0 Å². The number of hydrogen-bond donors (Lipinski definition) is 2. The molecule has 6 heteroatoms. The summed E-state index contributed by atoms with van der Waals surface area (Å²) >= 11 is 1.57. The average Bonchev–Trinajstić information content (AvgIpc) is 2.93. The van der Waals surface area contributed by atoms with Crippen molar-refractivity contribution in [1.29, 1.82) is 0 Å². The number of para-hydroxylation sites is 1. The van der Waals surface area contributed by atoms with Crippen LogP contribution >= 0.6 is 11.3 Å². The molecule has 0 saturated carbocycles. The fourth-order valence-corrected chi connectivity index (χ4v) is 2.68. The van der Waals surface area contributed by atoms with E-state index in [1.807, 2.05) is 17.5 Å². The summed E-state index contributed by atoms with van der Waals surface area (Å²) in [4.78, 5) is 26.0. The number of carbonyl (C=O) groups is 2. The molecule has 2 rings (SSSR count). The molecule has 1 aromatic carbocycles. The molecule has 2 N–H and O–H groups in total. The highest BCUT2D eigenvalue weighted by molar-refractivity contribution is 7.09. The van der Waals surface area contributed by atoms with Gasteiger partial charge < -0.3 is 15.3 Å². The molecule has 5 nitrogen and oxygen atoms in total. The number of nitrogens with one attached hydrogen (secondary N) is 1. The highest BCUT2D eigenvalue weighted by Crippen LogP contribution is 2.21. The Bertz CT molecular complexity index is 653. The van der Waals surface area contributed by atoms with Gasteiger partial charge in [0.15, 0.2) is 0 Å². The van der Waals surface area contributed by atoms with Gasteiger partial charge in [0.1, 0.15) is 0 Å². The first kappa shape index (κ1) is 15.1. The number of benzene rings is 1. The number of nitrogens with zero attached hydrogens (tertiary/aromatic N) is 1. The Morgan fingerprint density at radius 1 is 1.29 bits per heavy atom. The first-order chi connectivity index (χ1) is 9.99. The summed E-state index contributed by atoms with van der Waals surface area (Å²) in [6.45, 7) is 2.25. The van der Waals surface area contributed by atoms with E-state index in [1.165, 1.54) is 11.0 Å². The lowest BCUT2D eigenvalue weighted by Gasteiger charge is -2.19. The van der Waals surface area contributed by atoms with E-state index in [2.05, 4.69) is 5.32 Å². The number of amides is 2. The summed E-state index contributed by atoms with van der Waals surface area (Å²) in [5.41, 5.74) is 1.15. The van der Waals surface area contributed by atoms with Gasteiger partial charge >= 0.3 is 12.0 Å². The number of urea groups is 1. The van der Waals surface area contributed by atoms with Crippen molar-refractivity contribution in [2.75, 3.05) is 12.4 Å². The molecule has 0 bridgehead atoms. The number of rotatable bonds is 4. The maximum atomic E-state index is 12.2. The number of aromatic carboxylic acids is 1. The third-order valence-electron chi connectivity index (χ3n) is 3.05. The molecule has 0 saturated heterocycles. The summed E-state index contributed by atoms with van der Waals surface area (Å²) in [6.07, 6.45) is 0. The third-order valence-corrected chi connectivity index (χ3v) is 3.92. The van der Waals surface area contributed by atoms with Crippen LogP contribution in [0.4, 0.5) is 10.5 Å². The zero-order valence-electron chi connectivity index (χ0n) is 11.8. The topological polar surface area (TPSA) is 69.6 Å². The molecule has 1 aromatic heterocycles. The van der Waals surface area contributed by atoms with Gasteiger partial charge in [-0.2, -0.15) is 0 Å². The van der Waals surface area contributed by atoms with Crippen LogP contribution in [0.1, 0.15) is 20.8 Å². The van der Waals surface area contributed by atoms with Gasteiger partial charge in [-0.1, -0.05) is 18.2 Å². The van der Waals surface area contributed by atoms with Crippen molar-refractivity contribution in [1.82, 2.24) is 4.90 Å². The normalized spacial score (nSPS) is 10.2. The fraction of sp³-hybridized carbons (Fsp3) is 0.200. The minimum absolute atomic E-state index is 0.0906. The van der Waals surface area contributed by atoms with E-state index in [-0.39, 0.29) is 11.6 Å². The summed E-state index contributed by atoms with van der Waals surface area (Å²) in [5, 5.41) is 13.8. The van der Waals surface area contributed by atoms with Crippen molar-refractivity contribution >= 4 is 29.0 Å². The summed E-state index contributed by atoms with van der Waals surface area (Å²) < 4.78 is 0. The predicted octanol–water partition coefficient (Wildman–Crippen LogP) is 3.42. The molecule has 110 valence electrons. The maximum absolute atomic E-state index is 12.2. The van der Waals surface area contributed by atoms with E-state index in [4.69, 9.17) is 0 Å². The Morgan fingerprint density at radius 3 is 2.67 bits per heavy atom. The van der Waals surface area contributed by atoms with Crippen LogP contribution in [0.15, 0.2) is 35.7 Å². The predicted molar refractivity (Wildman–Crippen MR) is 82.9 cm³/mol. The molecule has 1 heterocycles. The van der Waals surface area contributed by atoms with Crippen LogP contribution < -0.4 is 5.32 Å². The van der Waals surface area contributed by atoms with E-state index >= 15 is 0 Å². The van der Waals surface area contributed by atoms with Gasteiger partial charge in [0, 0.05) is 11.9 Å². The minimum atomic E-state index is -1.06. The smallest absolute Gasteiger partial charge is 0.337 e. The first-order valence-corrected chi connectivity index (χ1v) is 7.24. The SMILES string of the molecule is Cc1cccc(C(=O)O)c1NC(=O)N(C)Cc1cccs1. The van der Waals surface area contributed by atoms with E-state index in [1.54, 1.807) is 37.4 Å². The monoisotopic (exact) mass is 304 g/mol. The van der Waals surface area contributed by atoms with Gasteiger partial charge in [-0.25, -0.2) is 9.59 Å². The Labute approximate surface area is 126 Å². The van der Waals surface area contributed by atoms with Crippen LogP contribution in [0, 0.1) is 6.92 Å². The third kappa shape index (κ3) is 3.61. The van der Waals surface area contributed by atoms with Gasteiger partial charge in [-0.05, 0) is 30.0 Å². The molecule has 2 aromatic rings. The van der Waals surface area contributed by atoms with Crippen molar-refractivity contribution < 1.29 is 14.7 Å². The number of carbonyl (C=O) groups excluding carboxylic acids is 1. The molecule has 21 heavy (non-hydrogen) atoms. The molecule has 0 aliphatic heterocycles. The Kier molecular flexibility index (Phi) is 4.59. The zero-order chi connectivity index (χ0) is 15.4. The second-order valence-corrected chi connectivity index (χ2v) is 5.70. The van der Waals surface area contributed by atoms with Crippen LogP contribution in [0.5, 0.6) is 0 Å². The van der Waals surface area contributed by atoms with Gasteiger partial charge in [-0.15, -0.1) is 11.3 Å². The number of thiophene rings is 1. The molecular weight excluding hydrogens is 288 g/mol. The zero-order valence-corrected chi connectivity index (χ0v) is 12.6. The molecule has 0 aliphatic carbocycles. The number of anilines is 1. The molecular formula is C15H16N2O3S. The lowest BCUT2D eigenvalue weighted by Crippen LogP contribution is -2.31. The van der Waals surface area contributed by atoms with Crippen molar-refractivity contribution in [3.05, 3.63) is 51.7 Å². The van der Waals surface area contributed by atoms with Crippen LogP contribution in [0.3, 0.4) is 0 Å². The number of carboxylic acids is 1. The van der Waals surface area contributed by atoms with Crippen molar-refractivity contribution in [3.63, 3.8) is 0 Å². The van der Waals surface area contributed by atoms with Crippen LogP contribution in [-0.4, -0.2) is 29.1 Å². The largest absolute Gasteiger partial charge is 0.478 e. The quantitative estimate of drug-likeness (QED) is 0.909. The lowest BCUT2D eigenvalue weighted by atomic mass is 10.1. The highest BCUT2D eigenvalue weighted by Gasteiger charge is 2.16. The molecule has 0 aliphatic rings. The second-order valence-electron chi connectivity index (χ2n) is 4.67. The van der Waals surface area contributed by atoms with E-state index in [9.17, 15) is 14.7 Å². The second kappa shape index (κ2) is 6.41. The number of aryl methyl sites for hydroxylation is 1. The van der Waals surface area contributed by atoms with E-state index < -0.39 is 5.97 Å². The fourth-order valence-electron chi connectivity index (χ4n) is 1.92. The van der Waals surface area contributed by atoms with Crippen molar-refractivity contribution in [2.24, 2.45) is 0 Å². The van der Waals surface area contributed by atoms with E-state index in [0.717, 1.165) is 4.88 Å². The standard InChI is InChI=1S/C15H16N2O3S/c1-10-5-3-7-12(14(18)19)13(10)16-15(20)17(2)9-11-6-4-8-21-11/h3-8H,9H2,1-2H3,(H,16,20)(H,18,19). The maximum Gasteiger partial charge on any atom is 0.337 e. The minimum Gasteiger partial charge on any atom is -0.478 e. The highest BCUT2D eigenvalue weighted by atomic mass is 32.1. The molecule has 0 spiro atoms. The average molecular weight is 304 g/mol. The van der Waals surface area contributed by atoms with Crippen molar-refractivity contribution in [2.45, 2.75) is 13.5 Å². The van der Waals surface area contributed by atoms with Crippen molar-refractivity contribution in [3.8, 4) is 0 Å². The first-order valence-electron chi connectivity index (χ1n) is 6.36. The van der Waals surface area contributed by atoms with Gasteiger partial charge in [-0.3, -0.25) is 0 Å². The lowest BCUT2D eigenvalue weighted by molar-refractivity contribution is 0.0698. The van der Waals surface area contributed by atoms with Crippen LogP contribution in [0.2, 0.25) is 0 Å². The Hall–Kier alpha value is -2.34. The van der Waals surface area contributed by atoms with Gasteiger partial charge in [0.2, 0.25) is 0 Å². The number of hydrogen-bond acceptors (Lipinski definition) is 3. The number of carboxylic acid groups (broad SMARTS) is 1.